The summed E-state index contributed by atoms with van der Waals surface area (Å²) in [5.41, 5.74) is -2.26. The molecule has 14 heteroatoms. The second-order valence-corrected chi connectivity index (χ2v) is 8.29. The quantitative estimate of drug-likeness (QED) is 0.133. The van der Waals surface area contributed by atoms with E-state index in [1.54, 1.807) is 12.1 Å². The van der Waals surface area contributed by atoms with Crippen LogP contribution in [0.15, 0.2) is 70.6 Å². The minimum Gasteiger partial charge on any atom is -0.474 e. The van der Waals surface area contributed by atoms with Crippen molar-refractivity contribution in [1.29, 1.82) is 0 Å². The first-order valence-electron chi connectivity index (χ1n) is 10.9. The maximum Gasteiger partial charge on any atom is 0.416 e. The number of nitro benzene ring substituents is 1. The number of hydrogen-bond acceptors (Lipinski definition) is 8. The molecule has 0 N–H and O–H groups in total. The van der Waals surface area contributed by atoms with Gasteiger partial charge in [-0.05, 0) is 30.3 Å². The number of carbonyl (C=O) groups excluding carboxylic acids is 1. The highest BCUT2D eigenvalue weighted by molar-refractivity contribution is 6.31. The molecule has 0 saturated carbocycles. The molecule has 1 aromatic heterocycles. The fourth-order valence-electron chi connectivity index (χ4n) is 3.55. The van der Waals surface area contributed by atoms with Gasteiger partial charge < -0.3 is 9.47 Å². The summed E-state index contributed by atoms with van der Waals surface area (Å²) in [6, 6.07) is 12.5. The molecule has 0 radical (unpaired) electrons. The molecule has 0 aliphatic rings. The SMILES string of the molecule is COC(=O)COc1c(C=Nn2c(-c3cccc(C(F)(F)F)c3)nc3ccccc3c2=O)cc(Cl)cc1[N+](=O)[O-]. The second-order valence-electron chi connectivity index (χ2n) is 7.86. The lowest BCUT2D eigenvalue weighted by Gasteiger charge is -2.12. The van der Waals surface area contributed by atoms with Crippen LogP contribution in [0.5, 0.6) is 5.75 Å². The molecule has 0 atom stereocenters. The highest BCUT2D eigenvalue weighted by Crippen LogP contribution is 2.34. The van der Waals surface area contributed by atoms with Gasteiger partial charge in [0.2, 0.25) is 5.75 Å². The van der Waals surface area contributed by atoms with E-state index < -0.39 is 46.2 Å². The summed E-state index contributed by atoms with van der Waals surface area (Å²) in [5, 5.41) is 15.7. The van der Waals surface area contributed by atoms with Gasteiger partial charge in [-0.1, -0.05) is 35.9 Å². The maximum atomic E-state index is 13.4. The molecule has 200 valence electrons. The Bertz CT molecular complexity index is 1690. The largest absolute Gasteiger partial charge is 0.474 e. The van der Waals surface area contributed by atoms with Crippen molar-refractivity contribution in [2.75, 3.05) is 13.7 Å². The predicted octanol–water partition coefficient (Wildman–Crippen LogP) is 5.08. The van der Waals surface area contributed by atoms with Crippen molar-refractivity contribution in [2.45, 2.75) is 6.18 Å². The molecular weight excluding hydrogens is 545 g/mol. The van der Waals surface area contributed by atoms with Gasteiger partial charge in [0.15, 0.2) is 12.4 Å². The molecule has 0 aliphatic heterocycles. The van der Waals surface area contributed by atoms with Gasteiger partial charge in [0.25, 0.3) is 5.56 Å². The summed E-state index contributed by atoms with van der Waals surface area (Å²) >= 11 is 6.03. The number of ether oxygens (including phenoxy) is 2. The summed E-state index contributed by atoms with van der Waals surface area (Å²) in [5.74, 6) is -1.46. The van der Waals surface area contributed by atoms with Crippen molar-refractivity contribution >= 4 is 40.4 Å². The molecule has 3 aromatic carbocycles. The summed E-state index contributed by atoms with van der Waals surface area (Å²) in [4.78, 5) is 40.1. The molecule has 0 bridgehead atoms. The lowest BCUT2D eigenvalue weighted by atomic mass is 10.1. The highest BCUT2D eigenvalue weighted by Gasteiger charge is 2.31. The van der Waals surface area contributed by atoms with Gasteiger partial charge in [-0.3, -0.25) is 14.9 Å². The van der Waals surface area contributed by atoms with Crippen molar-refractivity contribution in [3.05, 3.63) is 97.3 Å². The van der Waals surface area contributed by atoms with Gasteiger partial charge in [-0.2, -0.15) is 22.9 Å². The Hall–Kier alpha value is -4.78. The van der Waals surface area contributed by atoms with E-state index >= 15 is 0 Å². The van der Waals surface area contributed by atoms with E-state index in [1.807, 2.05) is 0 Å². The number of esters is 1. The fraction of sp³-hybridized carbons (Fsp3) is 0.120. The summed E-state index contributed by atoms with van der Waals surface area (Å²) in [6.45, 7) is -0.688. The molecule has 4 aromatic rings. The standard InChI is InChI=1S/C25H16ClF3N4O6/c1-38-21(34)13-39-22-15(10-17(26)11-20(22)33(36)37)12-30-32-23(14-5-4-6-16(9-14)25(27,28)29)31-19-8-3-2-7-18(19)24(32)35/h2-12H,13H2,1H3. The number of hydrogen-bond donors (Lipinski definition) is 0. The van der Waals surface area contributed by atoms with E-state index in [4.69, 9.17) is 16.3 Å². The van der Waals surface area contributed by atoms with E-state index in [0.29, 0.717) is 0 Å². The molecule has 0 unspecified atom stereocenters. The van der Waals surface area contributed by atoms with Gasteiger partial charge >= 0.3 is 17.8 Å². The zero-order valence-electron chi connectivity index (χ0n) is 19.8. The fourth-order valence-corrected chi connectivity index (χ4v) is 3.77. The Kier molecular flexibility index (Phi) is 7.63. The van der Waals surface area contributed by atoms with E-state index in [1.165, 1.54) is 24.3 Å². The van der Waals surface area contributed by atoms with Crippen molar-refractivity contribution in [1.82, 2.24) is 9.66 Å². The van der Waals surface area contributed by atoms with E-state index in [9.17, 15) is 32.9 Å². The number of methoxy groups -OCH3 is 1. The molecule has 10 nitrogen and oxygen atoms in total. The lowest BCUT2D eigenvalue weighted by Crippen LogP contribution is -2.20. The summed E-state index contributed by atoms with van der Waals surface area (Å²) in [6.07, 6.45) is -3.67. The Morgan fingerprint density at radius 1 is 1.18 bits per heavy atom. The first kappa shape index (κ1) is 27.3. The monoisotopic (exact) mass is 560 g/mol. The van der Waals surface area contributed by atoms with Crippen molar-refractivity contribution in [3.8, 4) is 17.1 Å². The lowest BCUT2D eigenvalue weighted by molar-refractivity contribution is -0.385. The first-order valence-corrected chi connectivity index (χ1v) is 11.3. The van der Waals surface area contributed by atoms with Crippen LogP contribution in [0.3, 0.4) is 0 Å². The molecule has 0 fully saturated rings. The third kappa shape index (κ3) is 5.88. The minimum absolute atomic E-state index is 0.0657. The zero-order chi connectivity index (χ0) is 28.3. The van der Waals surface area contributed by atoms with Crippen LogP contribution < -0.4 is 10.3 Å². The molecular formula is C25H16ClF3N4O6. The maximum absolute atomic E-state index is 13.4. The Morgan fingerprint density at radius 3 is 2.62 bits per heavy atom. The van der Waals surface area contributed by atoms with Gasteiger partial charge in [0.1, 0.15) is 0 Å². The van der Waals surface area contributed by atoms with Gasteiger partial charge in [-0.25, -0.2) is 9.78 Å². The van der Waals surface area contributed by atoms with Gasteiger partial charge in [0.05, 0.1) is 34.7 Å². The van der Waals surface area contributed by atoms with Crippen molar-refractivity contribution in [3.63, 3.8) is 0 Å². The van der Waals surface area contributed by atoms with E-state index in [0.717, 1.165) is 42.3 Å². The number of fused-ring (bicyclic) bond motifs is 1. The van der Waals surface area contributed by atoms with Crippen LogP contribution in [0.1, 0.15) is 11.1 Å². The van der Waals surface area contributed by atoms with Gasteiger partial charge in [0, 0.05) is 22.2 Å². The van der Waals surface area contributed by atoms with Gasteiger partial charge in [-0.15, -0.1) is 0 Å². The second kappa shape index (κ2) is 10.9. The third-order valence-electron chi connectivity index (χ3n) is 5.34. The number of benzene rings is 3. The van der Waals surface area contributed by atoms with Crippen LogP contribution in [0.2, 0.25) is 5.02 Å². The van der Waals surface area contributed by atoms with Crippen LogP contribution in [0.25, 0.3) is 22.3 Å². The average molecular weight is 561 g/mol. The molecule has 0 aliphatic carbocycles. The number of aromatic nitrogens is 2. The van der Waals surface area contributed by atoms with Crippen molar-refractivity contribution < 1.29 is 32.4 Å². The zero-order valence-corrected chi connectivity index (χ0v) is 20.6. The van der Waals surface area contributed by atoms with Crippen LogP contribution >= 0.6 is 11.6 Å². The topological polar surface area (TPSA) is 126 Å². The molecule has 0 saturated heterocycles. The normalized spacial score (nSPS) is 11.6. The summed E-state index contributed by atoms with van der Waals surface area (Å²) in [7, 11) is 1.10. The molecule has 4 rings (SSSR count). The molecule has 0 amide bonds. The Labute approximate surface area is 222 Å². The molecule has 39 heavy (non-hydrogen) atoms. The van der Waals surface area contributed by atoms with E-state index in [2.05, 4.69) is 14.8 Å². The Morgan fingerprint density at radius 2 is 1.92 bits per heavy atom. The number of alkyl halides is 3. The molecule has 1 heterocycles. The number of nitro groups is 1. The number of rotatable bonds is 7. The van der Waals surface area contributed by atoms with Crippen LogP contribution in [0, 0.1) is 10.1 Å². The summed E-state index contributed by atoms with van der Waals surface area (Å²) < 4.78 is 50.7. The van der Waals surface area contributed by atoms with Crippen molar-refractivity contribution in [2.24, 2.45) is 5.10 Å². The first-order chi connectivity index (χ1) is 18.5. The minimum atomic E-state index is -4.66. The van der Waals surface area contributed by atoms with Crippen LogP contribution in [-0.4, -0.2) is 40.5 Å². The molecule has 0 spiro atoms. The predicted molar refractivity (Wildman–Crippen MR) is 135 cm³/mol. The number of carbonyl (C=O) groups is 1. The number of nitrogens with zero attached hydrogens (tertiary/aromatic N) is 4. The smallest absolute Gasteiger partial charge is 0.416 e. The third-order valence-corrected chi connectivity index (χ3v) is 5.55. The van der Waals surface area contributed by atoms with E-state index in [-0.39, 0.29) is 32.9 Å². The number of para-hydroxylation sites is 1. The van der Waals surface area contributed by atoms with Crippen LogP contribution in [0.4, 0.5) is 18.9 Å². The number of halogens is 4. The Balaban J connectivity index is 1.93. The average Bonchev–Trinajstić information content (AvgIpc) is 2.90. The van der Waals surface area contributed by atoms with Crippen LogP contribution in [-0.2, 0) is 15.7 Å². The highest BCUT2D eigenvalue weighted by atomic mass is 35.5.